The number of pyridine rings is 1. The molecule has 0 saturated carbocycles. The molecule has 2 unspecified atom stereocenters. The van der Waals surface area contributed by atoms with Crippen molar-refractivity contribution in [1.29, 1.82) is 0 Å². The molecule has 172 valence electrons. The predicted octanol–water partition coefficient (Wildman–Crippen LogP) is 4.15. The average Bonchev–Trinajstić information content (AvgIpc) is 3.19. The van der Waals surface area contributed by atoms with E-state index in [0.717, 1.165) is 47.7 Å². The summed E-state index contributed by atoms with van der Waals surface area (Å²) in [6.07, 6.45) is 2.37. The number of guanidine groups is 1. The van der Waals surface area contributed by atoms with E-state index in [-0.39, 0.29) is 36.2 Å². The first-order valence-corrected chi connectivity index (χ1v) is 11.6. The Balaban J connectivity index is 0.00000341. The van der Waals surface area contributed by atoms with Crippen molar-refractivity contribution in [1.82, 2.24) is 20.6 Å². The van der Waals surface area contributed by atoms with Gasteiger partial charge in [0.25, 0.3) is 0 Å². The number of aromatic nitrogens is 2. The molecule has 31 heavy (non-hydrogen) atoms. The fourth-order valence-corrected chi connectivity index (χ4v) is 4.30. The summed E-state index contributed by atoms with van der Waals surface area (Å²) in [7, 11) is 0. The van der Waals surface area contributed by atoms with Gasteiger partial charge in [-0.05, 0) is 38.3 Å². The monoisotopic (exact) mass is 558 g/mol. The number of anilines is 1. The van der Waals surface area contributed by atoms with Gasteiger partial charge in [-0.3, -0.25) is 0 Å². The van der Waals surface area contributed by atoms with E-state index < -0.39 is 0 Å². The number of nitrogens with one attached hydrogen (secondary N) is 2. The Kier molecular flexibility index (Phi) is 10.4. The number of morpholine rings is 1. The van der Waals surface area contributed by atoms with Gasteiger partial charge in [0.2, 0.25) is 0 Å². The molecule has 3 heterocycles. The summed E-state index contributed by atoms with van der Waals surface area (Å²) in [5.74, 6) is 2.24. The molecule has 7 nitrogen and oxygen atoms in total. The quantitative estimate of drug-likeness (QED) is 0.302. The van der Waals surface area contributed by atoms with Gasteiger partial charge in [0, 0.05) is 31.2 Å². The van der Waals surface area contributed by atoms with Gasteiger partial charge >= 0.3 is 0 Å². The lowest BCUT2D eigenvalue weighted by atomic mass is 10.2. The number of thiazole rings is 1. The van der Waals surface area contributed by atoms with Crippen molar-refractivity contribution in [2.45, 2.75) is 65.8 Å². The van der Waals surface area contributed by atoms with Crippen LogP contribution in [-0.2, 0) is 17.8 Å². The van der Waals surface area contributed by atoms with Gasteiger partial charge in [0.1, 0.15) is 10.8 Å². The molecule has 0 amide bonds. The highest BCUT2D eigenvalue weighted by atomic mass is 127. The van der Waals surface area contributed by atoms with Crippen LogP contribution in [0.3, 0.4) is 0 Å². The molecule has 2 aromatic rings. The first-order valence-electron chi connectivity index (χ1n) is 10.8. The van der Waals surface area contributed by atoms with E-state index in [9.17, 15) is 0 Å². The zero-order chi connectivity index (χ0) is 21.5. The standard InChI is InChI=1S/C22H34N6OS.HI/c1-6-23-22(26-11-21-27-19(14-30-21)15(2)3)25-10-18-7-8-20(24-9-18)28-12-16(4)29-17(5)13-28;/h7-9,14-17H,6,10-13H2,1-5H3,(H2,23,25,26);1H. The fraction of sp³-hybridized carbons (Fsp3) is 0.591. The van der Waals surface area contributed by atoms with E-state index in [0.29, 0.717) is 19.0 Å². The molecule has 1 fully saturated rings. The van der Waals surface area contributed by atoms with E-state index in [4.69, 9.17) is 9.73 Å². The van der Waals surface area contributed by atoms with E-state index in [1.165, 1.54) is 0 Å². The normalized spacial score (nSPS) is 19.3. The number of hydrogen-bond acceptors (Lipinski definition) is 6. The van der Waals surface area contributed by atoms with Gasteiger partial charge in [-0.1, -0.05) is 19.9 Å². The summed E-state index contributed by atoms with van der Waals surface area (Å²) in [6, 6.07) is 4.19. The number of nitrogens with zero attached hydrogens (tertiary/aromatic N) is 4. The van der Waals surface area contributed by atoms with Crippen molar-refractivity contribution in [2.24, 2.45) is 4.99 Å². The highest BCUT2D eigenvalue weighted by Crippen LogP contribution is 2.19. The maximum absolute atomic E-state index is 5.81. The maximum atomic E-state index is 5.81. The number of aliphatic imine (C=N–C) groups is 1. The van der Waals surface area contributed by atoms with Gasteiger partial charge in [-0.25, -0.2) is 15.0 Å². The Morgan fingerprint density at radius 1 is 1.26 bits per heavy atom. The van der Waals surface area contributed by atoms with Crippen LogP contribution in [0.1, 0.15) is 56.8 Å². The SMILES string of the molecule is CCNC(=NCc1ccc(N2CC(C)OC(C)C2)nc1)NCc1nc(C(C)C)cs1.I. The van der Waals surface area contributed by atoms with Crippen LogP contribution in [0.4, 0.5) is 5.82 Å². The first-order chi connectivity index (χ1) is 14.4. The van der Waals surface area contributed by atoms with E-state index in [1.54, 1.807) is 11.3 Å². The largest absolute Gasteiger partial charge is 0.372 e. The molecule has 0 aromatic carbocycles. The van der Waals surface area contributed by atoms with Crippen LogP contribution in [0.15, 0.2) is 28.7 Å². The molecule has 2 N–H and O–H groups in total. The Morgan fingerprint density at radius 2 is 2.00 bits per heavy atom. The zero-order valence-corrected chi connectivity index (χ0v) is 22.2. The van der Waals surface area contributed by atoms with E-state index >= 15 is 0 Å². The van der Waals surface area contributed by atoms with Crippen molar-refractivity contribution < 1.29 is 4.74 Å². The van der Waals surface area contributed by atoms with E-state index in [1.807, 2.05) is 6.20 Å². The van der Waals surface area contributed by atoms with Crippen molar-refractivity contribution in [3.63, 3.8) is 0 Å². The molecule has 9 heteroatoms. The first kappa shape index (κ1) is 25.8. The molecule has 0 bridgehead atoms. The molecule has 2 atom stereocenters. The molecule has 1 aliphatic heterocycles. The minimum Gasteiger partial charge on any atom is -0.372 e. The van der Waals surface area contributed by atoms with Crippen LogP contribution in [-0.4, -0.2) is 47.8 Å². The maximum Gasteiger partial charge on any atom is 0.191 e. The minimum atomic E-state index is 0. The highest BCUT2D eigenvalue weighted by molar-refractivity contribution is 14.0. The predicted molar refractivity (Wildman–Crippen MR) is 140 cm³/mol. The van der Waals surface area contributed by atoms with Crippen molar-refractivity contribution >= 4 is 47.1 Å². The molecule has 1 aliphatic rings. The third kappa shape index (κ3) is 7.87. The molecular formula is C22H35IN6OS. The lowest BCUT2D eigenvalue weighted by molar-refractivity contribution is -0.00545. The highest BCUT2D eigenvalue weighted by Gasteiger charge is 2.22. The molecular weight excluding hydrogens is 523 g/mol. The molecule has 0 spiro atoms. The van der Waals surface area contributed by atoms with Crippen LogP contribution < -0.4 is 15.5 Å². The second-order valence-electron chi connectivity index (χ2n) is 8.06. The summed E-state index contributed by atoms with van der Waals surface area (Å²) in [5.41, 5.74) is 2.23. The Hall–Kier alpha value is -1.46. The summed E-state index contributed by atoms with van der Waals surface area (Å²) in [4.78, 5) is 16.3. The van der Waals surface area contributed by atoms with E-state index in [2.05, 4.69) is 77.6 Å². The molecule has 0 aliphatic carbocycles. The van der Waals surface area contributed by atoms with Crippen LogP contribution in [0.5, 0.6) is 0 Å². The third-order valence-corrected chi connectivity index (χ3v) is 5.75. The fourth-order valence-electron chi connectivity index (χ4n) is 3.41. The van der Waals surface area contributed by atoms with Crippen molar-refractivity contribution in [3.05, 3.63) is 40.0 Å². The Bertz CT molecular complexity index is 816. The second kappa shape index (κ2) is 12.5. The zero-order valence-electron chi connectivity index (χ0n) is 19.1. The average molecular weight is 559 g/mol. The van der Waals surface area contributed by atoms with Crippen LogP contribution in [0, 0.1) is 0 Å². The van der Waals surface area contributed by atoms with Gasteiger partial charge in [0.15, 0.2) is 5.96 Å². The summed E-state index contributed by atoms with van der Waals surface area (Å²) in [6.45, 7) is 14.4. The van der Waals surface area contributed by atoms with Gasteiger partial charge in [0.05, 0.1) is 31.0 Å². The Labute approximate surface area is 207 Å². The van der Waals surface area contributed by atoms with Crippen LogP contribution >= 0.6 is 35.3 Å². The molecule has 2 aromatic heterocycles. The summed E-state index contributed by atoms with van der Waals surface area (Å²) in [5, 5.41) is 9.88. The van der Waals surface area contributed by atoms with Gasteiger partial charge in [-0.2, -0.15) is 0 Å². The van der Waals surface area contributed by atoms with Crippen molar-refractivity contribution in [2.75, 3.05) is 24.5 Å². The number of hydrogen-bond donors (Lipinski definition) is 2. The van der Waals surface area contributed by atoms with Crippen molar-refractivity contribution in [3.8, 4) is 0 Å². The number of ether oxygens (including phenoxy) is 1. The minimum absolute atomic E-state index is 0. The molecule has 1 saturated heterocycles. The Morgan fingerprint density at radius 3 is 2.58 bits per heavy atom. The van der Waals surface area contributed by atoms with Gasteiger partial charge in [-0.15, -0.1) is 35.3 Å². The molecule has 0 radical (unpaired) electrons. The lowest BCUT2D eigenvalue weighted by Gasteiger charge is -2.36. The smallest absolute Gasteiger partial charge is 0.191 e. The van der Waals surface area contributed by atoms with Gasteiger partial charge < -0.3 is 20.3 Å². The van der Waals surface area contributed by atoms with Crippen LogP contribution in [0.2, 0.25) is 0 Å². The summed E-state index contributed by atoms with van der Waals surface area (Å²) >= 11 is 1.69. The lowest BCUT2D eigenvalue weighted by Crippen LogP contribution is -2.45. The topological polar surface area (TPSA) is 74.7 Å². The number of halogens is 1. The second-order valence-corrected chi connectivity index (χ2v) is 9.00. The van der Waals surface area contributed by atoms with Crippen LogP contribution in [0.25, 0.3) is 0 Å². The third-order valence-electron chi connectivity index (χ3n) is 4.88. The summed E-state index contributed by atoms with van der Waals surface area (Å²) < 4.78 is 5.81. The molecule has 3 rings (SSSR count). The number of rotatable bonds is 7.